The predicted molar refractivity (Wildman–Crippen MR) is 68.2 cm³/mol. The second kappa shape index (κ2) is 4.90. The highest BCUT2D eigenvalue weighted by molar-refractivity contribution is 9.10. The number of hydrogen-bond acceptors (Lipinski definition) is 3. The van der Waals surface area contributed by atoms with Gasteiger partial charge in [-0.05, 0) is 47.3 Å². The molecule has 1 fully saturated rings. The summed E-state index contributed by atoms with van der Waals surface area (Å²) in [4.78, 5) is 2.45. The number of hydrogen-bond donors (Lipinski definition) is 1. The zero-order chi connectivity index (χ0) is 11.7. The largest absolute Gasteiger partial charge is 0.453 e. The Morgan fingerprint density at radius 1 is 1.56 bits per heavy atom. The lowest BCUT2D eigenvalue weighted by atomic mass is 10.1. The number of nitrogens with two attached hydrogens (primary N) is 1. The second-order valence-electron chi connectivity index (χ2n) is 4.78. The molecular formula is C12H19BrN2O. The van der Waals surface area contributed by atoms with Crippen molar-refractivity contribution in [2.45, 2.75) is 32.4 Å². The maximum atomic E-state index is 5.88. The van der Waals surface area contributed by atoms with E-state index in [1.54, 1.807) is 0 Å². The molecule has 2 N–H and O–H groups in total. The molecular weight excluding hydrogens is 268 g/mol. The van der Waals surface area contributed by atoms with Crippen molar-refractivity contribution in [1.29, 1.82) is 0 Å². The first-order chi connectivity index (χ1) is 7.61. The van der Waals surface area contributed by atoms with E-state index in [1.807, 2.05) is 12.1 Å². The molecule has 2 heterocycles. The van der Waals surface area contributed by atoms with E-state index >= 15 is 0 Å². The molecule has 0 aliphatic carbocycles. The van der Waals surface area contributed by atoms with Gasteiger partial charge in [-0.3, -0.25) is 4.90 Å². The van der Waals surface area contributed by atoms with Crippen LogP contribution in [-0.2, 0) is 0 Å². The second-order valence-corrected chi connectivity index (χ2v) is 5.56. The van der Waals surface area contributed by atoms with Crippen LogP contribution in [0.25, 0.3) is 0 Å². The maximum absolute atomic E-state index is 5.88. The standard InChI is InChI=1S/C12H19BrN2O/c1-8-5-9(2)15(7-8)10(6-14)11-3-4-12(13)16-11/h3-4,8-10H,5-7,14H2,1-2H3. The number of halogens is 1. The van der Waals surface area contributed by atoms with Gasteiger partial charge in [-0.25, -0.2) is 0 Å². The fourth-order valence-corrected chi connectivity index (χ4v) is 3.01. The molecule has 0 radical (unpaired) electrons. The molecule has 1 aliphatic heterocycles. The molecule has 2 rings (SSSR count). The van der Waals surface area contributed by atoms with Gasteiger partial charge in [-0.15, -0.1) is 0 Å². The summed E-state index contributed by atoms with van der Waals surface area (Å²) in [6, 6.07) is 4.75. The molecule has 4 heteroatoms. The highest BCUT2D eigenvalue weighted by Crippen LogP contribution is 2.32. The first-order valence-electron chi connectivity index (χ1n) is 5.83. The topological polar surface area (TPSA) is 42.4 Å². The van der Waals surface area contributed by atoms with E-state index in [2.05, 4.69) is 34.7 Å². The lowest BCUT2D eigenvalue weighted by molar-refractivity contribution is 0.169. The Kier molecular flexibility index (Phi) is 3.72. The monoisotopic (exact) mass is 286 g/mol. The highest BCUT2D eigenvalue weighted by atomic mass is 79.9. The van der Waals surface area contributed by atoms with Crippen LogP contribution >= 0.6 is 15.9 Å². The summed E-state index contributed by atoms with van der Waals surface area (Å²) in [6.07, 6.45) is 1.25. The first kappa shape index (κ1) is 12.1. The third kappa shape index (κ3) is 2.34. The van der Waals surface area contributed by atoms with Crippen LogP contribution in [0.15, 0.2) is 21.2 Å². The molecule has 0 saturated carbocycles. The summed E-state index contributed by atoms with van der Waals surface area (Å²) in [7, 11) is 0. The van der Waals surface area contributed by atoms with E-state index in [-0.39, 0.29) is 6.04 Å². The molecule has 0 amide bonds. The number of likely N-dealkylation sites (tertiary alicyclic amines) is 1. The zero-order valence-electron chi connectivity index (χ0n) is 9.82. The van der Waals surface area contributed by atoms with Gasteiger partial charge in [0.2, 0.25) is 0 Å². The van der Waals surface area contributed by atoms with Crippen LogP contribution in [0.4, 0.5) is 0 Å². The van der Waals surface area contributed by atoms with Crippen molar-refractivity contribution in [3.8, 4) is 0 Å². The van der Waals surface area contributed by atoms with Gasteiger partial charge in [-0.1, -0.05) is 6.92 Å². The fraction of sp³-hybridized carbons (Fsp3) is 0.667. The molecule has 3 nitrogen and oxygen atoms in total. The van der Waals surface area contributed by atoms with Gasteiger partial charge >= 0.3 is 0 Å². The third-order valence-electron chi connectivity index (χ3n) is 3.38. The van der Waals surface area contributed by atoms with Crippen molar-refractivity contribution < 1.29 is 4.42 Å². The maximum Gasteiger partial charge on any atom is 0.169 e. The molecule has 3 unspecified atom stereocenters. The van der Waals surface area contributed by atoms with Gasteiger partial charge in [0.15, 0.2) is 4.67 Å². The van der Waals surface area contributed by atoms with Crippen molar-refractivity contribution in [2.24, 2.45) is 11.7 Å². The molecule has 0 spiro atoms. The van der Waals surface area contributed by atoms with Crippen LogP contribution in [0, 0.1) is 5.92 Å². The van der Waals surface area contributed by atoms with E-state index in [4.69, 9.17) is 10.2 Å². The third-order valence-corrected chi connectivity index (χ3v) is 3.80. The predicted octanol–water partition coefficient (Wildman–Crippen LogP) is 2.77. The average Bonchev–Trinajstić information content (AvgIpc) is 2.76. The van der Waals surface area contributed by atoms with Crippen LogP contribution in [0.3, 0.4) is 0 Å². The minimum Gasteiger partial charge on any atom is -0.453 e. The van der Waals surface area contributed by atoms with E-state index in [1.165, 1.54) is 6.42 Å². The molecule has 1 aliphatic rings. The normalized spacial score (nSPS) is 28.5. The molecule has 1 aromatic heterocycles. The summed E-state index contributed by atoms with van der Waals surface area (Å²) in [5.74, 6) is 1.72. The van der Waals surface area contributed by atoms with Crippen LogP contribution in [0.2, 0.25) is 0 Å². The Bertz CT molecular complexity index is 353. The van der Waals surface area contributed by atoms with Crippen LogP contribution in [0.1, 0.15) is 32.1 Å². The molecule has 16 heavy (non-hydrogen) atoms. The summed E-state index contributed by atoms with van der Waals surface area (Å²) < 4.78 is 6.41. The molecule has 1 aromatic rings. The van der Waals surface area contributed by atoms with Gasteiger partial charge < -0.3 is 10.2 Å². The SMILES string of the molecule is CC1CC(C)N(C(CN)c2ccc(Br)o2)C1. The van der Waals surface area contributed by atoms with Crippen molar-refractivity contribution in [3.05, 3.63) is 22.6 Å². The van der Waals surface area contributed by atoms with Gasteiger partial charge in [-0.2, -0.15) is 0 Å². The average molecular weight is 287 g/mol. The van der Waals surface area contributed by atoms with Crippen LogP contribution < -0.4 is 5.73 Å². The Balaban J connectivity index is 2.16. The fourth-order valence-electron chi connectivity index (χ4n) is 2.69. The minimum atomic E-state index is 0.214. The summed E-state index contributed by atoms with van der Waals surface area (Å²) in [6.45, 7) is 6.28. The van der Waals surface area contributed by atoms with Gasteiger partial charge in [0.25, 0.3) is 0 Å². The van der Waals surface area contributed by atoms with Crippen molar-refractivity contribution in [2.75, 3.05) is 13.1 Å². The smallest absolute Gasteiger partial charge is 0.169 e. The highest BCUT2D eigenvalue weighted by Gasteiger charge is 2.33. The summed E-state index contributed by atoms with van der Waals surface area (Å²) in [5.41, 5.74) is 5.88. The lowest BCUT2D eigenvalue weighted by Crippen LogP contribution is -2.36. The van der Waals surface area contributed by atoms with Crippen LogP contribution in [-0.4, -0.2) is 24.0 Å². The summed E-state index contributed by atoms with van der Waals surface area (Å²) >= 11 is 3.34. The van der Waals surface area contributed by atoms with Crippen molar-refractivity contribution in [1.82, 2.24) is 4.90 Å². The number of nitrogens with zero attached hydrogens (tertiary/aromatic N) is 1. The molecule has 0 aromatic carbocycles. The Labute approximate surface area is 105 Å². The Morgan fingerprint density at radius 3 is 2.75 bits per heavy atom. The Morgan fingerprint density at radius 2 is 2.31 bits per heavy atom. The first-order valence-corrected chi connectivity index (χ1v) is 6.62. The van der Waals surface area contributed by atoms with Gasteiger partial charge in [0.1, 0.15) is 5.76 Å². The Hall–Kier alpha value is -0.320. The van der Waals surface area contributed by atoms with E-state index in [9.17, 15) is 0 Å². The molecule has 90 valence electrons. The molecule has 3 atom stereocenters. The quantitative estimate of drug-likeness (QED) is 0.929. The van der Waals surface area contributed by atoms with E-state index in [0.717, 1.165) is 22.9 Å². The van der Waals surface area contributed by atoms with Crippen molar-refractivity contribution >= 4 is 15.9 Å². The molecule has 0 bridgehead atoms. The van der Waals surface area contributed by atoms with E-state index < -0.39 is 0 Å². The summed E-state index contributed by atoms with van der Waals surface area (Å²) in [5, 5.41) is 0. The zero-order valence-corrected chi connectivity index (χ0v) is 11.4. The minimum absolute atomic E-state index is 0.214. The number of furan rings is 1. The van der Waals surface area contributed by atoms with Crippen molar-refractivity contribution in [3.63, 3.8) is 0 Å². The lowest BCUT2D eigenvalue weighted by Gasteiger charge is -2.28. The van der Waals surface area contributed by atoms with Gasteiger partial charge in [0, 0.05) is 19.1 Å². The van der Waals surface area contributed by atoms with Crippen LogP contribution in [0.5, 0.6) is 0 Å². The van der Waals surface area contributed by atoms with Gasteiger partial charge in [0.05, 0.1) is 6.04 Å². The molecule has 1 saturated heterocycles. The van der Waals surface area contributed by atoms with E-state index in [0.29, 0.717) is 12.6 Å². The number of rotatable bonds is 3.